The molecule has 0 saturated heterocycles. The molecule has 1 aliphatic rings. The van der Waals surface area contributed by atoms with Crippen LogP contribution in [-0.2, 0) is 16.1 Å². The Morgan fingerprint density at radius 3 is 2.44 bits per heavy atom. The Labute approximate surface area is 162 Å². The Hall–Kier alpha value is -2.60. The van der Waals surface area contributed by atoms with E-state index in [0.29, 0.717) is 24.4 Å². The molecular formula is C20H22ClN3O3. The average Bonchev–Trinajstić information content (AvgIpc) is 2.96. The molecule has 1 amide bonds. The molecule has 0 spiro atoms. The van der Waals surface area contributed by atoms with E-state index in [4.69, 9.17) is 11.6 Å². The number of amides is 1. The number of allylic oxidation sites excluding steroid dienone is 2. The van der Waals surface area contributed by atoms with E-state index < -0.39 is 17.8 Å². The predicted molar refractivity (Wildman–Crippen MR) is 104 cm³/mol. The van der Waals surface area contributed by atoms with Crippen molar-refractivity contribution in [3.8, 4) is 0 Å². The molecule has 0 radical (unpaired) electrons. The first kappa shape index (κ1) is 19.2. The quantitative estimate of drug-likeness (QED) is 0.760. The highest BCUT2D eigenvalue weighted by atomic mass is 35.5. The number of aliphatic carboxylic acids is 1. The summed E-state index contributed by atoms with van der Waals surface area (Å²) in [6.07, 6.45) is 2.46. The number of benzene rings is 1. The van der Waals surface area contributed by atoms with Crippen LogP contribution in [0.5, 0.6) is 0 Å². The topological polar surface area (TPSA) is 84.2 Å². The van der Waals surface area contributed by atoms with Crippen LogP contribution < -0.4 is 5.32 Å². The predicted octanol–water partition coefficient (Wildman–Crippen LogP) is 3.97. The summed E-state index contributed by atoms with van der Waals surface area (Å²) in [5.41, 5.74) is 3.16. The van der Waals surface area contributed by atoms with Crippen LogP contribution in [0.25, 0.3) is 0 Å². The number of rotatable bonds is 5. The third-order valence-electron chi connectivity index (χ3n) is 5.07. The summed E-state index contributed by atoms with van der Waals surface area (Å²) in [5.74, 6) is -2.44. The van der Waals surface area contributed by atoms with Gasteiger partial charge in [-0.15, -0.1) is 0 Å². The van der Waals surface area contributed by atoms with Crippen molar-refractivity contribution in [2.45, 2.75) is 33.2 Å². The van der Waals surface area contributed by atoms with E-state index in [9.17, 15) is 14.7 Å². The van der Waals surface area contributed by atoms with Gasteiger partial charge < -0.3 is 10.4 Å². The van der Waals surface area contributed by atoms with E-state index >= 15 is 0 Å². The van der Waals surface area contributed by atoms with Gasteiger partial charge in [0.2, 0.25) is 5.91 Å². The van der Waals surface area contributed by atoms with Crippen molar-refractivity contribution in [2.24, 2.45) is 11.8 Å². The molecule has 2 atom stereocenters. The van der Waals surface area contributed by atoms with Crippen molar-refractivity contribution in [3.63, 3.8) is 0 Å². The maximum Gasteiger partial charge on any atom is 0.307 e. The molecule has 0 saturated carbocycles. The van der Waals surface area contributed by atoms with Crippen LogP contribution in [0.4, 0.5) is 5.82 Å². The zero-order valence-electron chi connectivity index (χ0n) is 15.3. The molecule has 0 fully saturated rings. The van der Waals surface area contributed by atoms with E-state index in [1.54, 1.807) is 10.9 Å². The van der Waals surface area contributed by atoms with Crippen molar-refractivity contribution < 1.29 is 14.7 Å². The van der Waals surface area contributed by atoms with Crippen molar-refractivity contribution in [1.82, 2.24) is 9.78 Å². The number of carbonyl (C=O) groups is 2. The standard InChI is InChI=1S/C20H22ClN3O3/c1-12-8-15(16(20(26)27)9-13(12)2)19(25)22-18-17(21)11-24(23-18)10-14-6-4-3-5-7-14/h3-7,11,15-16H,8-10H2,1-2H3,(H,26,27)(H,22,23,25)/t15-,16+/m0/s1. The normalized spacial score (nSPS) is 19.8. The Bertz CT molecular complexity index is 889. The molecule has 1 heterocycles. The highest BCUT2D eigenvalue weighted by molar-refractivity contribution is 6.33. The molecule has 0 bridgehead atoms. The largest absolute Gasteiger partial charge is 0.481 e. The number of carboxylic acids is 1. The van der Waals surface area contributed by atoms with Crippen molar-refractivity contribution >= 4 is 29.3 Å². The Morgan fingerprint density at radius 2 is 1.81 bits per heavy atom. The summed E-state index contributed by atoms with van der Waals surface area (Å²) in [7, 11) is 0. The second-order valence-corrected chi connectivity index (χ2v) is 7.43. The van der Waals surface area contributed by atoms with Crippen LogP contribution in [-0.4, -0.2) is 26.8 Å². The van der Waals surface area contributed by atoms with E-state index in [2.05, 4.69) is 10.4 Å². The lowest BCUT2D eigenvalue weighted by molar-refractivity contribution is -0.146. The molecule has 1 aromatic carbocycles. The fourth-order valence-corrected chi connectivity index (χ4v) is 3.57. The zero-order chi connectivity index (χ0) is 19.6. The Morgan fingerprint density at radius 1 is 1.19 bits per heavy atom. The van der Waals surface area contributed by atoms with Crippen LogP contribution in [0, 0.1) is 11.8 Å². The van der Waals surface area contributed by atoms with Crippen molar-refractivity contribution in [1.29, 1.82) is 0 Å². The number of halogens is 1. The lowest BCUT2D eigenvalue weighted by Gasteiger charge is -2.29. The van der Waals surface area contributed by atoms with Gasteiger partial charge >= 0.3 is 5.97 Å². The van der Waals surface area contributed by atoms with E-state index in [0.717, 1.165) is 16.7 Å². The fourth-order valence-electron chi connectivity index (χ4n) is 3.37. The van der Waals surface area contributed by atoms with Gasteiger partial charge in [0, 0.05) is 6.20 Å². The van der Waals surface area contributed by atoms with Crippen LogP contribution in [0.2, 0.25) is 5.02 Å². The number of hydrogen-bond acceptors (Lipinski definition) is 3. The van der Waals surface area contributed by atoms with Gasteiger partial charge in [-0.1, -0.05) is 53.1 Å². The SMILES string of the molecule is CC1=C(C)C[C@@H](C(=O)O)[C@@H](C(=O)Nc2nn(Cc3ccccc3)cc2Cl)C1. The second-order valence-electron chi connectivity index (χ2n) is 7.02. The summed E-state index contributed by atoms with van der Waals surface area (Å²) < 4.78 is 1.65. The first-order valence-corrected chi connectivity index (χ1v) is 9.18. The van der Waals surface area contributed by atoms with E-state index in [1.165, 1.54) is 0 Å². The minimum atomic E-state index is -0.956. The molecule has 1 aromatic heterocycles. The summed E-state index contributed by atoms with van der Waals surface area (Å²) in [4.78, 5) is 24.3. The lowest BCUT2D eigenvalue weighted by Crippen LogP contribution is -2.36. The molecule has 2 N–H and O–H groups in total. The Kier molecular flexibility index (Phi) is 5.65. The molecular weight excluding hydrogens is 366 g/mol. The van der Waals surface area contributed by atoms with Gasteiger partial charge in [-0.25, -0.2) is 0 Å². The minimum absolute atomic E-state index is 0.255. The lowest BCUT2D eigenvalue weighted by atomic mass is 9.76. The van der Waals surface area contributed by atoms with Gasteiger partial charge in [-0.3, -0.25) is 14.3 Å². The number of hydrogen-bond donors (Lipinski definition) is 2. The molecule has 2 aromatic rings. The van der Waals surface area contributed by atoms with Crippen LogP contribution in [0.15, 0.2) is 47.7 Å². The van der Waals surface area contributed by atoms with E-state index in [1.807, 2.05) is 44.2 Å². The molecule has 27 heavy (non-hydrogen) atoms. The number of carboxylic acid groups (broad SMARTS) is 1. The van der Waals surface area contributed by atoms with Crippen molar-refractivity contribution in [2.75, 3.05) is 5.32 Å². The van der Waals surface area contributed by atoms with Gasteiger partial charge in [0.25, 0.3) is 0 Å². The zero-order valence-corrected chi connectivity index (χ0v) is 16.0. The van der Waals surface area contributed by atoms with Crippen LogP contribution >= 0.6 is 11.6 Å². The maximum absolute atomic E-state index is 12.7. The molecule has 0 aliphatic heterocycles. The van der Waals surface area contributed by atoms with Gasteiger partial charge in [0.05, 0.1) is 18.4 Å². The molecule has 0 unspecified atom stereocenters. The van der Waals surface area contributed by atoms with Crippen molar-refractivity contribution in [3.05, 3.63) is 58.3 Å². The number of aromatic nitrogens is 2. The van der Waals surface area contributed by atoms with E-state index in [-0.39, 0.29) is 11.7 Å². The highest BCUT2D eigenvalue weighted by Crippen LogP contribution is 2.35. The summed E-state index contributed by atoms with van der Waals surface area (Å²) >= 11 is 6.22. The smallest absolute Gasteiger partial charge is 0.307 e. The number of carbonyl (C=O) groups excluding carboxylic acids is 1. The van der Waals surface area contributed by atoms with Gasteiger partial charge in [-0.05, 0) is 32.3 Å². The minimum Gasteiger partial charge on any atom is -0.481 e. The number of nitrogens with one attached hydrogen (secondary N) is 1. The van der Waals surface area contributed by atoms with Crippen LogP contribution in [0.1, 0.15) is 32.3 Å². The van der Waals surface area contributed by atoms with Gasteiger partial charge in [-0.2, -0.15) is 5.10 Å². The molecule has 142 valence electrons. The monoisotopic (exact) mass is 387 g/mol. The molecule has 6 nitrogen and oxygen atoms in total. The molecule has 7 heteroatoms. The molecule has 3 rings (SSSR count). The summed E-state index contributed by atoms with van der Waals surface area (Å²) in [6.45, 7) is 4.38. The number of anilines is 1. The summed E-state index contributed by atoms with van der Waals surface area (Å²) in [5, 5.41) is 16.9. The summed E-state index contributed by atoms with van der Waals surface area (Å²) in [6, 6.07) is 9.77. The maximum atomic E-state index is 12.7. The average molecular weight is 388 g/mol. The third kappa shape index (κ3) is 4.39. The second kappa shape index (κ2) is 7.96. The van der Waals surface area contributed by atoms with Gasteiger partial charge in [0.1, 0.15) is 5.02 Å². The first-order valence-electron chi connectivity index (χ1n) is 8.81. The fraction of sp³-hybridized carbons (Fsp3) is 0.350. The highest BCUT2D eigenvalue weighted by Gasteiger charge is 2.37. The van der Waals surface area contributed by atoms with Gasteiger partial charge in [0.15, 0.2) is 5.82 Å². The number of nitrogens with zero attached hydrogens (tertiary/aromatic N) is 2. The van der Waals surface area contributed by atoms with Crippen LogP contribution in [0.3, 0.4) is 0 Å². The Balaban J connectivity index is 1.74. The third-order valence-corrected chi connectivity index (χ3v) is 5.34. The molecule has 1 aliphatic carbocycles. The first-order chi connectivity index (χ1) is 12.8.